The number of carbonyl (C=O) groups excluding carboxylic acids is 2. The van der Waals surface area contributed by atoms with Crippen LogP contribution in [0.25, 0.3) is 0 Å². The topological polar surface area (TPSA) is 52.6 Å². The minimum atomic E-state index is -0.680. The first-order chi connectivity index (χ1) is 7.87. The van der Waals surface area contributed by atoms with Gasteiger partial charge in [0.2, 0.25) is 0 Å². The van der Waals surface area contributed by atoms with Crippen molar-refractivity contribution >= 4 is 11.9 Å². The van der Waals surface area contributed by atoms with Gasteiger partial charge in [-0.05, 0) is 39.7 Å². The zero-order valence-corrected chi connectivity index (χ0v) is 10.7. The van der Waals surface area contributed by atoms with Crippen molar-refractivity contribution in [2.24, 2.45) is 0 Å². The van der Waals surface area contributed by atoms with Gasteiger partial charge < -0.3 is 9.47 Å². The van der Waals surface area contributed by atoms with Crippen LogP contribution in [0.5, 0.6) is 0 Å². The zero-order chi connectivity index (χ0) is 12.9. The lowest BCUT2D eigenvalue weighted by molar-refractivity contribution is -0.119. The van der Waals surface area contributed by atoms with Crippen LogP contribution in [0.3, 0.4) is 0 Å². The van der Waals surface area contributed by atoms with Crippen molar-refractivity contribution in [3.8, 4) is 0 Å². The maximum absolute atomic E-state index is 11.4. The molecular weight excluding hydrogens is 220 g/mol. The predicted molar refractivity (Wildman–Crippen MR) is 63.7 cm³/mol. The fraction of sp³-hybridized carbons (Fsp3) is 0.692. The number of hydrogen-bond acceptors (Lipinski definition) is 4. The number of allylic oxidation sites excluding steroid dienone is 1. The maximum Gasteiger partial charge on any atom is 0.509 e. The first-order valence-corrected chi connectivity index (χ1v) is 5.95. The number of carbonyl (C=O) groups is 2. The number of rotatable bonds is 1. The van der Waals surface area contributed by atoms with Gasteiger partial charge in [-0.15, -0.1) is 0 Å². The Labute approximate surface area is 102 Å². The van der Waals surface area contributed by atoms with Gasteiger partial charge in [-0.2, -0.15) is 0 Å². The van der Waals surface area contributed by atoms with Gasteiger partial charge in [0.15, 0.2) is 0 Å². The van der Waals surface area contributed by atoms with E-state index in [1.54, 1.807) is 20.8 Å². The van der Waals surface area contributed by atoms with E-state index >= 15 is 0 Å². The van der Waals surface area contributed by atoms with Crippen molar-refractivity contribution in [3.63, 3.8) is 0 Å². The summed E-state index contributed by atoms with van der Waals surface area (Å²) in [5.74, 6) is 0.215. The Morgan fingerprint density at radius 2 is 2.06 bits per heavy atom. The third-order valence-corrected chi connectivity index (χ3v) is 2.29. The van der Waals surface area contributed by atoms with E-state index in [1.165, 1.54) is 0 Å². The van der Waals surface area contributed by atoms with Crippen LogP contribution < -0.4 is 0 Å². The molecular formula is C13H20O4. The van der Waals surface area contributed by atoms with Crippen LogP contribution in [0.2, 0.25) is 0 Å². The molecule has 4 heteroatoms. The molecule has 1 atom stereocenters. The second-order valence-electron chi connectivity index (χ2n) is 5.16. The molecule has 1 unspecified atom stereocenters. The molecule has 17 heavy (non-hydrogen) atoms. The molecule has 96 valence electrons. The van der Waals surface area contributed by atoms with Crippen LogP contribution in [0.1, 0.15) is 46.5 Å². The van der Waals surface area contributed by atoms with E-state index in [4.69, 9.17) is 9.47 Å². The van der Waals surface area contributed by atoms with E-state index in [0.29, 0.717) is 25.7 Å². The second kappa shape index (κ2) is 5.84. The third-order valence-electron chi connectivity index (χ3n) is 2.29. The highest BCUT2D eigenvalue weighted by Crippen LogP contribution is 2.15. The fourth-order valence-electron chi connectivity index (χ4n) is 1.51. The van der Waals surface area contributed by atoms with E-state index < -0.39 is 11.8 Å². The van der Waals surface area contributed by atoms with Crippen LogP contribution in [0.15, 0.2) is 12.2 Å². The van der Waals surface area contributed by atoms with Crippen LogP contribution in [0, 0.1) is 0 Å². The van der Waals surface area contributed by atoms with Crippen LogP contribution in [-0.4, -0.2) is 23.6 Å². The molecule has 4 nitrogen and oxygen atoms in total. The number of ether oxygens (including phenoxy) is 2. The lowest BCUT2D eigenvalue weighted by atomic mass is 10.0. The number of hydrogen-bond donors (Lipinski definition) is 0. The zero-order valence-electron chi connectivity index (χ0n) is 10.7. The lowest BCUT2D eigenvalue weighted by Crippen LogP contribution is -2.27. The summed E-state index contributed by atoms with van der Waals surface area (Å²) < 4.78 is 10.2. The summed E-state index contributed by atoms with van der Waals surface area (Å²) in [6.45, 7) is 5.35. The molecule has 1 aliphatic carbocycles. The van der Waals surface area contributed by atoms with Gasteiger partial charge in [-0.3, -0.25) is 4.79 Å². The third kappa shape index (κ3) is 6.09. The summed E-state index contributed by atoms with van der Waals surface area (Å²) in [7, 11) is 0. The summed E-state index contributed by atoms with van der Waals surface area (Å²) >= 11 is 0. The van der Waals surface area contributed by atoms with Gasteiger partial charge in [0, 0.05) is 12.8 Å². The van der Waals surface area contributed by atoms with Crippen molar-refractivity contribution in [3.05, 3.63) is 12.2 Å². The highest BCUT2D eigenvalue weighted by atomic mass is 16.7. The summed E-state index contributed by atoms with van der Waals surface area (Å²) in [4.78, 5) is 22.7. The quantitative estimate of drug-likeness (QED) is 0.522. The Morgan fingerprint density at radius 3 is 2.71 bits per heavy atom. The van der Waals surface area contributed by atoms with Crippen LogP contribution >= 0.6 is 0 Å². The maximum atomic E-state index is 11.4. The van der Waals surface area contributed by atoms with Crippen molar-refractivity contribution in [1.29, 1.82) is 0 Å². The summed E-state index contributed by atoms with van der Waals surface area (Å²) in [5, 5.41) is 0. The SMILES string of the molecule is CC(C)(C)OC(=O)OC1/C=C/CCC(=O)CC1. The first kappa shape index (κ1) is 13.7. The van der Waals surface area contributed by atoms with E-state index in [2.05, 4.69) is 0 Å². The molecule has 0 heterocycles. The Hall–Kier alpha value is -1.32. The van der Waals surface area contributed by atoms with Gasteiger partial charge in [-0.1, -0.05) is 6.08 Å². The first-order valence-electron chi connectivity index (χ1n) is 5.95. The van der Waals surface area contributed by atoms with Gasteiger partial charge in [0.05, 0.1) is 0 Å². The molecule has 0 radical (unpaired) electrons. The molecule has 1 aliphatic rings. The molecule has 0 saturated carbocycles. The molecule has 0 aromatic heterocycles. The molecule has 0 aliphatic heterocycles. The van der Waals surface area contributed by atoms with E-state index in [9.17, 15) is 9.59 Å². The average Bonchev–Trinajstić information content (AvgIpc) is 2.14. The molecule has 1 rings (SSSR count). The minimum Gasteiger partial charge on any atom is -0.429 e. The number of ketones is 1. The highest BCUT2D eigenvalue weighted by Gasteiger charge is 2.21. The summed E-state index contributed by atoms with van der Waals surface area (Å²) in [5.41, 5.74) is -0.557. The average molecular weight is 240 g/mol. The van der Waals surface area contributed by atoms with Crippen LogP contribution in [-0.2, 0) is 14.3 Å². The van der Waals surface area contributed by atoms with Crippen molar-refractivity contribution in [2.75, 3.05) is 0 Å². The van der Waals surface area contributed by atoms with E-state index in [0.717, 1.165) is 0 Å². The van der Waals surface area contributed by atoms with Crippen molar-refractivity contribution < 1.29 is 19.1 Å². The monoisotopic (exact) mass is 240 g/mol. The smallest absolute Gasteiger partial charge is 0.429 e. The largest absolute Gasteiger partial charge is 0.509 e. The van der Waals surface area contributed by atoms with Gasteiger partial charge in [0.1, 0.15) is 17.5 Å². The molecule has 0 saturated heterocycles. The lowest BCUT2D eigenvalue weighted by Gasteiger charge is -2.21. The molecule has 0 fully saturated rings. The van der Waals surface area contributed by atoms with Gasteiger partial charge in [0.25, 0.3) is 0 Å². The van der Waals surface area contributed by atoms with Crippen molar-refractivity contribution in [2.45, 2.75) is 58.2 Å². The standard InChI is InChI=1S/C13H20O4/c1-13(2,3)17-12(15)16-11-7-5-4-6-10(14)8-9-11/h5,7,11H,4,6,8-9H2,1-3H3/b7-5+. The molecule has 0 N–H and O–H groups in total. The molecule has 0 aromatic carbocycles. The highest BCUT2D eigenvalue weighted by molar-refractivity contribution is 5.78. The summed E-state index contributed by atoms with van der Waals surface area (Å²) in [6, 6.07) is 0. The number of Topliss-reactive ketones (excluding diaryl/α,β-unsaturated/α-hetero) is 1. The van der Waals surface area contributed by atoms with E-state index in [1.807, 2.05) is 12.2 Å². The Kier molecular flexibility index (Phi) is 4.73. The van der Waals surface area contributed by atoms with Crippen LogP contribution in [0.4, 0.5) is 4.79 Å². The fourth-order valence-corrected chi connectivity index (χ4v) is 1.51. The molecule has 0 spiro atoms. The van der Waals surface area contributed by atoms with Gasteiger partial charge in [-0.25, -0.2) is 4.79 Å². The van der Waals surface area contributed by atoms with E-state index in [-0.39, 0.29) is 11.9 Å². The van der Waals surface area contributed by atoms with Crippen molar-refractivity contribution in [1.82, 2.24) is 0 Å². The molecule has 0 amide bonds. The second-order valence-corrected chi connectivity index (χ2v) is 5.16. The molecule has 0 aromatic rings. The Morgan fingerprint density at radius 1 is 1.35 bits per heavy atom. The normalized spacial score (nSPS) is 23.5. The summed E-state index contributed by atoms with van der Waals surface area (Å²) in [6.07, 6.45) is 4.96. The Bertz CT molecular complexity index is 312. The minimum absolute atomic E-state index is 0.215. The van der Waals surface area contributed by atoms with Gasteiger partial charge >= 0.3 is 6.16 Å². The molecule has 0 bridgehead atoms. The Balaban J connectivity index is 2.46. The predicted octanol–water partition coefficient (Wildman–Crippen LogP) is 3.01.